The smallest absolute Gasteiger partial charge is 0.354 e. The van der Waals surface area contributed by atoms with E-state index in [0.717, 1.165) is 5.39 Å². The van der Waals surface area contributed by atoms with E-state index in [2.05, 4.69) is 25.9 Å². The second kappa shape index (κ2) is 3.34. The Morgan fingerprint density at radius 2 is 1.93 bits per heavy atom. The van der Waals surface area contributed by atoms with Gasteiger partial charge < -0.3 is 5.11 Å². The molecule has 0 atom stereocenters. The summed E-state index contributed by atoms with van der Waals surface area (Å²) in [5.74, 6) is -1.05. The highest BCUT2D eigenvalue weighted by atomic mass is 79.9. The third-order valence-electron chi connectivity index (χ3n) is 1.74. The number of carbonyl (C=O) groups is 1. The molecule has 0 saturated heterocycles. The molecule has 2 heterocycles. The third-order valence-corrected chi connectivity index (χ3v) is 2.18. The fourth-order valence-electron chi connectivity index (χ4n) is 1.09. The summed E-state index contributed by atoms with van der Waals surface area (Å²) in [6.07, 6.45) is 0. The Hall–Kier alpha value is -1.49. The van der Waals surface area contributed by atoms with Gasteiger partial charge in [-0.05, 0) is 40.2 Å². The van der Waals surface area contributed by atoms with E-state index in [-0.39, 0.29) is 5.69 Å². The van der Waals surface area contributed by atoms with E-state index in [1.807, 2.05) is 6.07 Å². The first kappa shape index (κ1) is 9.08. The van der Waals surface area contributed by atoms with Gasteiger partial charge in [-0.15, -0.1) is 0 Å². The zero-order chi connectivity index (χ0) is 10.1. The van der Waals surface area contributed by atoms with Crippen molar-refractivity contribution in [1.29, 1.82) is 0 Å². The van der Waals surface area contributed by atoms with Crippen LogP contribution in [0.2, 0.25) is 0 Å². The van der Waals surface area contributed by atoms with Crippen LogP contribution in [0.4, 0.5) is 0 Å². The number of fused-ring (bicyclic) bond motifs is 1. The van der Waals surface area contributed by atoms with Crippen LogP contribution in [0.5, 0.6) is 0 Å². The first-order valence-corrected chi connectivity index (χ1v) is 4.63. The molecule has 5 heteroatoms. The second-order valence-electron chi connectivity index (χ2n) is 2.68. The topological polar surface area (TPSA) is 63.1 Å². The maximum atomic E-state index is 10.6. The number of halogens is 1. The van der Waals surface area contributed by atoms with Gasteiger partial charge in [0.2, 0.25) is 0 Å². The summed E-state index contributed by atoms with van der Waals surface area (Å²) < 4.78 is 0.639. The van der Waals surface area contributed by atoms with Crippen molar-refractivity contribution in [3.63, 3.8) is 0 Å². The molecule has 0 spiro atoms. The van der Waals surface area contributed by atoms with Gasteiger partial charge >= 0.3 is 5.97 Å². The minimum atomic E-state index is -1.05. The van der Waals surface area contributed by atoms with Gasteiger partial charge in [0.05, 0.1) is 0 Å². The fourth-order valence-corrected chi connectivity index (χ4v) is 1.40. The summed E-state index contributed by atoms with van der Waals surface area (Å²) in [5, 5.41) is 9.53. The van der Waals surface area contributed by atoms with Crippen LogP contribution in [0.25, 0.3) is 11.0 Å². The highest BCUT2D eigenvalue weighted by molar-refractivity contribution is 9.10. The number of aromatic carboxylic acids is 1. The molecule has 0 aliphatic rings. The van der Waals surface area contributed by atoms with Crippen molar-refractivity contribution in [3.8, 4) is 0 Å². The van der Waals surface area contributed by atoms with Gasteiger partial charge in [-0.2, -0.15) is 0 Å². The van der Waals surface area contributed by atoms with Gasteiger partial charge in [0, 0.05) is 5.39 Å². The first-order valence-electron chi connectivity index (χ1n) is 3.83. The van der Waals surface area contributed by atoms with Crippen molar-refractivity contribution >= 4 is 32.9 Å². The van der Waals surface area contributed by atoms with E-state index in [9.17, 15) is 4.79 Å². The van der Waals surface area contributed by atoms with Crippen LogP contribution in [0.15, 0.2) is 28.9 Å². The number of hydrogen-bond acceptors (Lipinski definition) is 3. The van der Waals surface area contributed by atoms with Gasteiger partial charge in [-0.1, -0.05) is 0 Å². The Morgan fingerprint density at radius 3 is 2.64 bits per heavy atom. The van der Waals surface area contributed by atoms with Crippen LogP contribution >= 0.6 is 15.9 Å². The molecule has 14 heavy (non-hydrogen) atoms. The van der Waals surface area contributed by atoms with Crippen LogP contribution in [0.1, 0.15) is 10.5 Å². The Labute approximate surface area is 87.7 Å². The number of aromatic nitrogens is 2. The SMILES string of the molecule is O=C(O)c1ccc2ccc(Br)nc2n1. The summed E-state index contributed by atoms with van der Waals surface area (Å²) in [5.41, 5.74) is 0.433. The monoisotopic (exact) mass is 252 g/mol. The van der Waals surface area contributed by atoms with Crippen LogP contribution in [-0.4, -0.2) is 21.0 Å². The van der Waals surface area contributed by atoms with Crippen molar-refractivity contribution in [2.75, 3.05) is 0 Å². The molecular weight excluding hydrogens is 248 g/mol. The molecule has 0 saturated carbocycles. The number of pyridine rings is 2. The molecule has 2 aromatic heterocycles. The predicted octanol–water partition coefficient (Wildman–Crippen LogP) is 2.09. The van der Waals surface area contributed by atoms with Crippen molar-refractivity contribution in [2.45, 2.75) is 0 Å². The summed E-state index contributed by atoms with van der Waals surface area (Å²) in [6, 6.07) is 6.75. The van der Waals surface area contributed by atoms with Crippen molar-refractivity contribution < 1.29 is 9.90 Å². The Bertz CT molecular complexity index is 513. The summed E-state index contributed by atoms with van der Waals surface area (Å²) in [6.45, 7) is 0. The van der Waals surface area contributed by atoms with E-state index >= 15 is 0 Å². The lowest BCUT2D eigenvalue weighted by Crippen LogP contribution is -2.00. The normalized spacial score (nSPS) is 10.4. The van der Waals surface area contributed by atoms with Gasteiger partial charge in [0.25, 0.3) is 0 Å². The highest BCUT2D eigenvalue weighted by Gasteiger charge is 2.05. The summed E-state index contributed by atoms with van der Waals surface area (Å²) in [7, 11) is 0. The Kier molecular flexibility index (Phi) is 2.17. The summed E-state index contributed by atoms with van der Waals surface area (Å²) >= 11 is 3.20. The van der Waals surface area contributed by atoms with Crippen molar-refractivity contribution in [2.24, 2.45) is 0 Å². The first-order chi connectivity index (χ1) is 6.66. The Morgan fingerprint density at radius 1 is 1.21 bits per heavy atom. The standard InChI is InChI=1S/C9H5BrN2O2/c10-7-4-2-5-1-3-6(9(13)14)11-8(5)12-7/h1-4H,(H,13,14). The lowest BCUT2D eigenvalue weighted by Gasteiger charge is -1.98. The molecule has 0 fully saturated rings. The van der Waals surface area contributed by atoms with Gasteiger partial charge in [-0.25, -0.2) is 14.8 Å². The highest BCUT2D eigenvalue weighted by Crippen LogP contribution is 2.14. The van der Waals surface area contributed by atoms with Gasteiger partial charge in [0.15, 0.2) is 11.3 Å². The van der Waals surface area contributed by atoms with Crippen LogP contribution in [-0.2, 0) is 0 Å². The quantitative estimate of drug-likeness (QED) is 0.790. The number of carboxylic acid groups (broad SMARTS) is 1. The minimum absolute atomic E-state index is 0.00287. The molecule has 1 N–H and O–H groups in total. The zero-order valence-corrected chi connectivity index (χ0v) is 8.52. The van der Waals surface area contributed by atoms with E-state index in [1.54, 1.807) is 12.1 Å². The molecule has 0 radical (unpaired) electrons. The minimum Gasteiger partial charge on any atom is -0.477 e. The third kappa shape index (κ3) is 1.58. The van der Waals surface area contributed by atoms with E-state index in [4.69, 9.17) is 5.11 Å². The molecule has 0 bridgehead atoms. The molecule has 0 amide bonds. The van der Waals surface area contributed by atoms with E-state index in [0.29, 0.717) is 10.3 Å². The number of rotatable bonds is 1. The van der Waals surface area contributed by atoms with E-state index < -0.39 is 5.97 Å². The lowest BCUT2D eigenvalue weighted by molar-refractivity contribution is 0.0691. The van der Waals surface area contributed by atoms with Gasteiger partial charge in [-0.3, -0.25) is 0 Å². The van der Waals surface area contributed by atoms with Crippen LogP contribution in [0.3, 0.4) is 0 Å². The lowest BCUT2D eigenvalue weighted by atomic mass is 10.2. The maximum absolute atomic E-state index is 10.6. The second-order valence-corrected chi connectivity index (χ2v) is 3.49. The zero-order valence-electron chi connectivity index (χ0n) is 6.94. The molecular formula is C9H5BrN2O2. The number of carboxylic acids is 1. The summed E-state index contributed by atoms with van der Waals surface area (Å²) in [4.78, 5) is 18.6. The number of nitrogens with zero attached hydrogens (tertiary/aromatic N) is 2. The fraction of sp³-hybridized carbons (Fsp3) is 0. The molecule has 0 aromatic carbocycles. The van der Waals surface area contributed by atoms with Crippen LogP contribution < -0.4 is 0 Å². The molecule has 4 nitrogen and oxygen atoms in total. The average Bonchev–Trinajstić information content (AvgIpc) is 2.16. The van der Waals surface area contributed by atoms with E-state index in [1.165, 1.54) is 6.07 Å². The van der Waals surface area contributed by atoms with Crippen molar-refractivity contribution in [1.82, 2.24) is 9.97 Å². The van der Waals surface area contributed by atoms with Gasteiger partial charge in [0.1, 0.15) is 4.60 Å². The van der Waals surface area contributed by atoms with Crippen molar-refractivity contribution in [3.05, 3.63) is 34.6 Å². The molecule has 0 aliphatic carbocycles. The van der Waals surface area contributed by atoms with Crippen LogP contribution in [0, 0.1) is 0 Å². The molecule has 2 rings (SSSR count). The predicted molar refractivity (Wildman–Crippen MR) is 54.2 cm³/mol. The molecule has 0 unspecified atom stereocenters. The molecule has 0 aliphatic heterocycles. The largest absolute Gasteiger partial charge is 0.477 e. The Balaban J connectivity index is 2.69. The number of hydrogen-bond donors (Lipinski definition) is 1. The average molecular weight is 253 g/mol. The molecule has 70 valence electrons. The maximum Gasteiger partial charge on any atom is 0.354 e. The molecule has 2 aromatic rings.